The number of rotatable bonds is 5. The minimum absolute atomic E-state index is 0.0913. The van der Waals surface area contributed by atoms with Crippen molar-refractivity contribution in [1.82, 2.24) is 14.9 Å². The minimum Gasteiger partial charge on any atom is -0.444 e. The summed E-state index contributed by atoms with van der Waals surface area (Å²) in [5.74, 6) is 0.621. The molecular formula is C25H28F3N5O3. The standard InChI is InChI=1S/C25H28F3N5O3/c1-24(2,3)36-23(34)33-14-12-17(13-15-33)29-21-19-6-4-5-7-20(19)31-22(32-21)30-16-8-10-18(11-9-16)35-25(26,27)28/h4-11,17H,12-15H2,1-3H3,(H2,29,30,31,32). The number of carbonyl (C=O) groups excluding carboxylic acids is 1. The molecule has 1 saturated heterocycles. The van der Waals surface area contributed by atoms with Crippen LogP contribution in [0.25, 0.3) is 10.9 Å². The van der Waals surface area contributed by atoms with Gasteiger partial charge < -0.3 is 25.0 Å². The number of hydrogen-bond donors (Lipinski definition) is 2. The molecule has 0 spiro atoms. The number of nitrogens with one attached hydrogen (secondary N) is 2. The maximum Gasteiger partial charge on any atom is 0.573 e. The highest BCUT2D eigenvalue weighted by atomic mass is 19.4. The van der Waals surface area contributed by atoms with Crippen LogP contribution in [0.15, 0.2) is 48.5 Å². The number of carbonyl (C=O) groups is 1. The number of para-hydroxylation sites is 1. The van der Waals surface area contributed by atoms with Crippen LogP contribution >= 0.6 is 0 Å². The van der Waals surface area contributed by atoms with Crippen molar-refractivity contribution in [2.75, 3.05) is 23.7 Å². The van der Waals surface area contributed by atoms with Gasteiger partial charge in [-0.1, -0.05) is 12.1 Å². The Morgan fingerprint density at radius 1 is 1.00 bits per heavy atom. The lowest BCUT2D eigenvalue weighted by molar-refractivity contribution is -0.274. The topological polar surface area (TPSA) is 88.6 Å². The van der Waals surface area contributed by atoms with E-state index in [0.29, 0.717) is 36.1 Å². The van der Waals surface area contributed by atoms with E-state index in [4.69, 9.17) is 4.74 Å². The first-order valence-electron chi connectivity index (χ1n) is 11.6. The quantitative estimate of drug-likeness (QED) is 0.436. The third-order valence-corrected chi connectivity index (χ3v) is 5.43. The number of amides is 1. The van der Waals surface area contributed by atoms with Gasteiger partial charge in [-0.3, -0.25) is 0 Å². The molecule has 0 atom stereocenters. The number of ether oxygens (including phenoxy) is 2. The smallest absolute Gasteiger partial charge is 0.444 e. The molecule has 0 radical (unpaired) electrons. The second-order valence-corrected chi connectivity index (χ2v) is 9.50. The van der Waals surface area contributed by atoms with Gasteiger partial charge in [0.15, 0.2) is 0 Å². The van der Waals surface area contributed by atoms with Crippen molar-refractivity contribution in [2.45, 2.75) is 51.6 Å². The Kier molecular flexibility index (Phi) is 7.09. The van der Waals surface area contributed by atoms with Crippen molar-refractivity contribution < 1.29 is 27.4 Å². The monoisotopic (exact) mass is 503 g/mol. The maximum atomic E-state index is 12.4. The molecule has 2 aromatic carbocycles. The van der Waals surface area contributed by atoms with Gasteiger partial charge in [0.05, 0.1) is 5.52 Å². The minimum atomic E-state index is -4.75. The number of hydrogen-bond acceptors (Lipinski definition) is 7. The lowest BCUT2D eigenvalue weighted by Gasteiger charge is -2.34. The van der Waals surface area contributed by atoms with Gasteiger partial charge in [-0.05, 0) is 70.0 Å². The number of fused-ring (bicyclic) bond motifs is 1. The van der Waals surface area contributed by atoms with E-state index in [1.807, 2.05) is 45.0 Å². The van der Waals surface area contributed by atoms with Gasteiger partial charge in [0.2, 0.25) is 5.95 Å². The molecule has 0 unspecified atom stereocenters. The Balaban J connectivity index is 1.46. The van der Waals surface area contributed by atoms with Crippen LogP contribution in [0.4, 0.5) is 35.4 Å². The van der Waals surface area contributed by atoms with Gasteiger partial charge in [0, 0.05) is 30.2 Å². The molecule has 2 heterocycles. The van der Waals surface area contributed by atoms with Crippen molar-refractivity contribution >= 4 is 34.4 Å². The Morgan fingerprint density at radius 3 is 2.31 bits per heavy atom. The first-order valence-corrected chi connectivity index (χ1v) is 11.6. The summed E-state index contributed by atoms with van der Waals surface area (Å²) >= 11 is 0. The third kappa shape index (κ3) is 6.89. The van der Waals surface area contributed by atoms with E-state index in [1.165, 1.54) is 24.3 Å². The van der Waals surface area contributed by atoms with Gasteiger partial charge in [0.1, 0.15) is 17.2 Å². The van der Waals surface area contributed by atoms with E-state index in [9.17, 15) is 18.0 Å². The average Bonchev–Trinajstić information content (AvgIpc) is 2.79. The molecule has 0 aliphatic carbocycles. The number of halogens is 3. The summed E-state index contributed by atoms with van der Waals surface area (Å²) in [7, 11) is 0. The predicted octanol–water partition coefficient (Wildman–Crippen LogP) is 6.08. The maximum absolute atomic E-state index is 12.4. The van der Waals surface area contributed by atoms with E-state index >= 15 is 0 Å². The zero-order chi connectivity index (χ0) is 25.9. The number of nitrogens with zero attached hydrogens (tertiary/aromatic N) is 3. The molecule has 1 amide bonds. The van der Waals surface area contributed by atoms with Crippen LogP contribution in [0.2, 0.25) is 0 Å². The van der Waals surface area contributed by atoms with Crippen molar-refractivity contribution in [2.24, 2.45) is 0 Å². The van der Waals surface area contributed by atoms with Crippen LogP contribution in [0, 0.1) is 0 Å². The summed E-state index contributed by atoms with van der Waals surface area (Å²) in [6, 6.07) is 13.0. The zero-order valence-electron chi connectivity index (χ0n) is 20.2. The van der Waals surface area contributed by atoms with Crippen molar-refractivity contribution in [3.8, 4) is 5.75 Å². The highest BCUT2D eigenvalue weighted by Crippen LogP contribution is 2.28. The lowest BCUT2D eigenvalue weighted by Crippen LogP contribution is -2.44. The van der Waals surface area contributed by atoms with Gasteiger partial charge in [0.25, 0.3) is 0 Å². The van der Waals surface area contributed by atoms with E-state index in [2.05, 4.69) is 25.3 Å². The lowest BCUT2D eigenvalue weighted by atomic mass is 10.1. The molecule has 8 nitrogen and oxygen atoms in total. The van der Waals surface area contributed by atoms with Crippen LogP contribution in [0.1, 0.15) is 33.6 Å². The van der Waals surface area contributed by atoms with Gasteiger partial charge in [-0.15, -0.1) is 13.2 Å². The molecule has 1 aliphatic rings. The van der Waals surface area contributed by atoms with Crippen LogP contribution in [0.3, 0.4) is 0 Å². The highest BCUT2D eigenvalue weighted by molar-refractivity contribution is 5.90. The second-order valence-electron chi connectivity index (χ2n) is 9.50. The molecule has 36 heavy (non-hydrogen) atoms. The summed E-state index contributed by atoms with van der Waals surface area (Å²) in [4.78, 5) is 23.2. The molecule has 11 heteroatoms. The molecule has 1 fully saturated rings. The van der Waals surface area contributed by atoms with Gasteiger partial charge >= 0.3 is 12.5 Å². The van der Waals surface area contributed by atoms with Crippen LogP contribution < -0.4 is 15.4 Å². The molecule has 1 aromatic heterocycles. The fraction of sp³-hybridized carbons (Fsp3) is 0.400. The second kappa shape index (κ2) is 10.1. The van der Waals surface area contributed by atoms with E-state index in [1.54, 1.807) is 4.90 Å². The fourth-order valence-electron chi connectivity index (χ4n) is 3.84. The summed E-state index contributed by atoms with van der Waals surface area (Å²) in [6.07, 6.45) is -3.62. The Bertz CT molecular complexity index is 1200. The SMILES string of the molecule is CC(C)(C)OC(=O)N1CCC(Nc2nc(Nc3ccc(OC(F)(F)F)cc3)nc3ccccc23)CC1. The summed E-state index contributed by atoms with van der Waals surface area (Å²) in [5.41, 5.74) is 0.679. The average molecular weight is 504 g/mol. The number of anilines is 3. The molecule has 0 bridgehead atoms. The van der Waals surface area contributed by atoms with E-state index in [-0.39, 0.29) is 17.9 Å². The summed E-state index contributed by atoms with van der Waals surface area (Å²) in [6.45, 7) is 6.65. The van der Waals surface area contributed by atoms with Crippen LogP contribution in [0.5, 0.6) is 5.75 Å². The summed E-state index contributed by atoms with van der Waals surface area (Å²) < 4.78 is 46.6. The Hall–Kier alpha value is -3.76. The normalized spacial score (nSPS) is 15.0. The molecule has 192 valence electrons. The molecule has 3 aromatic rings. The summed E-state index contributed by atoms with van der Waals surface area (Å²) in [5, 5.41) is 7.36. The molecule has 0 saturated carbocycles. The van der Waals surface area contributed by atoms with Crippen molar-refractivity contribution in [3.63, 3.8) is 0 Å². The number of likely N-dealkylation sites (tertiary alicyclic amines) is 1. The van der Waals surface area contributed by atoms with Gasteiger partial charge in [-0.2, -0.15) is 4.98 Å². The largest absolute Gasteiger partial charge is 0.573 e. The molecule has 1 aliphatic heterocycles. The number of aromatic nitrogens is 2. The third-order valence-electron chi connectivity index (χ3n) is 5.43. The van der Waals surface area contributed by atoms with E-state index in [0.717, 1.165) is 18.2 Å². The van der Waals surface area contributed by atoms with Gasteiger partial charge in [-0.25, -0.2) is 9.78 Å². The van der Waals surface area contributed by atoms with Crippen LogP contribution in [-0.4, -0.2) is 52.1 Å². The Labute approximate surface area is 206 Å². The Morgan fingerprint density at radius 2 is 1.67 bits per heavy atom. The van der Waals surface area contributed by atoms with Crippen molar-refractivity contribution in [1.29, 1.82) is 0 Å². The first-order chi connectivity index (χ1) is 16.9. The molecular weight excluding hydrogens is 475 g/mol. The highest BCUT2D eigenvalue weighted by Gasteiger charge is 2.31. The predicted molar refractivity (Wildman–Crippen MR) is 130 cm³/mol. The van der Waals surface area contributed by atoms with E-state index < -0.39 is 12.0 Å². The van der Waals surface area contributed by atoms with Crippen LogP contribution in [-0.2, 0) is 4.74 Å². The number of piperidine rings is 1. The fourth-order valence-corrected chi connectivity index (χ4v) is 3.84. The number of benzene rings is 2. The first kappa shape index (κ1) is 25.3. The molecule has 4 rings (SSSR count). The molecule has 2 N–H and O–H groups in total. The van der Waals surface area contributed by atoms with Crippen molar-refractivity contribution in [3.05, 3.63) is 48.5 Å². The number of alkyl halides is 3. The zero-order valence-corrected chi connectivity index (χ0v) is 20.2.